The van der Waals surface area contributed by atoms with Gasteiger partial charge in [-0.15, -0.1) is 0 Å². The lowest BCUT2D eigenvalue weighted by atomic mass is 10.2. The summed E-state index contributed by atoms with van der Waals surface area (Å²) in [4.78, 5) is 0. The number of para-hydroxylation sites is 1. The Bertz CT molecular complexity index is 719. The number of H-pyrrole nitrogens is 1. The van der Waals surface area contributed by atoms with Crippen LogP contribution in [0, 0.1) is 4.77 Å². The van der Waals surface area contributed by atoms with Gasteiger partial charge in [-0.25, -0.2) is 0 Å². The zero-order valence-corrected chi connectivity index (χ0v) is 14.0. The first-order valence-corrected chi connectivity index (χ1v) is 7.52. The molecule has 2 aromatic rings. The first-order chi connectivity index (χ1) is 10.6. The Kier molecular flexibility index (Phi) is 5.32. The third-order valence-electron chi connectivity index (χ3n) is 2.93. The van der Waals surface area contributed by atoms with E-state index in [4.69, 9.17) is 21.7 Å². The summed E-state index contributed by atoms with van der Waals surface area (Å²) < 4.78 is 13.3. The fourth-order valence-electron chi connectivity index (χ4n) is 1.95. The van der Waals surface area contributed by atoms with Gasteiger partial charge in [-0.05, 0) is 38.2 Å². The number of ether oxygens (including phenoxy) is 2. The van der Waals surface area contributed by atoms with Crippen LogP contribution in [0.4, 0.5) is 0 Å². The third-order valence-corrected chi connectivity index (χ3v) is 3.19. The van der Waals surface area contributed by atoms with Gasteiger partial charge in [-0.2, -0.15) is 14.9 Å². The van der Waals surface area contributed by atoms with E-state index in [1.807, 2.05) is 39.0 Å². The van der Waals surface area contributed by atoms with E-state index >= 15 is 0 Å². The maximum atomic E-state index is 5.85. The maximum Gasteiger partial charge on any atom is 0.216 e. The van der Waals surface area contributed by atoms with Gasteiger partial charge in [0.25, 0.3) is 0 Å². The van der Waals surface area contributed by atoms with E-state index in [0.717, 1.165) is 17.8 Å². The molecule has 0 amide bonds. The molecule has 22 heavy (non-hydrogen) atoms. The van der Waals surface area contributed by atoms with Crippen LogP contribution in [-0.2, 0) is 6.42 Å². The molecule has 0 aliphatic heterocycles. The second kappa shape index (κ2) is 7.22. The molecule has 0 aliphatic rings. The van der Waals surface area contributed by atoms with Crippen LogP contribution in [0.3, 0.4) is 0 Å². The first-order valence-electron chi connectivity index (χ1n) is 7.11. The Morgan fingerprint density at radius 3 is 2.86 bits per heavy atom. The van der Waals surface area contributed by atoms with Crippen molar-refractivity contribution in [2.24, 2.45) is 5.10 Å². The predicted octanol–water partition coefficient (Wildman–Crippen LogP) is 3.18. The highest BCUT2D eigenvalue weighted by atomic mass is 32.1. The molecule has 1 aromatic heterocycles. The molecule has 0 saturated carbocycles. The Hall–Kier alpha value is -2.15. The van der Waals surface area contributed by atoms with E-state index in [1.165, 1.54) is 0 Å². The van der Waals surface area contributed by atoms with Gasteiger partial charge in [-0.3, -0.25) is 5.10 Å². The monoisotopic (exact) mass is 320 g/mol. The highest BCUT2D eigenvalue weighted by Gasteiger charge is 2.11. The molecule has 7 heteroatoms. The molecule has 1 heterocycles. The van der Waals surface area contributed by atoms with Crippen LogP contribution in [0.15, 0.2) is 23.3 Å². The number of benzene rings is 1. The van der Waals surface area contributed by atoms with Gasteiger partial charge < -0.3 is 9.47 Å². The topological polar surface area (TPSA) is 64.4 Å². The summed E-state index contributed by atoms with van der Waals surface area (Å²) in [5.74, 6) is 2.11. The second-order valence-corrected chi connectivity index (χ2v) is 5.29. The standard InChI is InChI=1S/C15H20N4O2S/c1-5-13-17-18-15(22)19(13)16-9-11-7-6-8-12(20-4)14(11)21-10(2)3/h6-10H,5H2,1-4H3,(H,18,22)/b16-9-. The van der Waals surface area contributed by atoms with Crippen LogP contribution in [0.2, 0.25) is 0 Å². The summed E-state index contributed by atoms with van der Waals surface area (Å²) in [6.45, 7) is 5.93. The smallest absolute Gasteiger partial charge is 0.216 e. The highest BCUT2D eigenvalue weighted by Crippen LogP contribution is 2.31. The van der Waals surface area contributed by atoms with Gasteiger partial charge in [0.15, 0.2) is 17.3 Å². The number of aromatic nitrogens is 3. The molecule has 2 rings (SSSR count). The second-order valence-electron chi connectivity index (χ2n) is 4.90. The van der Waals surface area contributed by atoms with Gasteiger partial charge in [0.1, 0.15) is 0 Å². The van der Waals surface area contributed by atoms with Gasteiger partial charge in [-0.1, -0.05) is 13.0 Å². The van der Waals surface area contributed by atoms with Crippen LogP contribution in [-0.4, -0.2) is 34.3 Å². The summed E-state index contributed by atoms with van der Waals surface area (Å²) in [5, 5.41) is 11.3. The molecular formula is C15H20N4O2S. The SMILES string of the molecule is CCc1n[nH]c(=S)n1/N=C\c1cccc(OC)c1OC(C)C. The normalized spacial score (nSPS) is 11.3. The minimum Gasteiger partial charge on any atom is -0.493 e. The quantitative estimate of drug-likeness (QED) is 0.656. The molecule has 0 radical (unpaired) electrons. The van der Waals surface area contributed by atoms with Gasteiger partial charge in [0.05, 0.1) is 19.4 Å². The molecule has 118 valence electrons. The molecule has 0 aliphatic carbocycles. The number of hydrogen-bond donors (Lipinski definition) is 1. The molecular weight excluding hydrogens is 300 g/mol. The Morgan fingerprint density at radius 2 is 2.23 bits per heavy atom. The zero-order chi connectivity index (χ0) is 16.1. The van der Waals surface area contributed by atoms with Gasteiger partial charge in [0.2, 0.25) is 4.77 Å². The van der Waals surface area contributed by atoms with E-state index in [2.05, 4.69) is 15.3 Å². The summed E-state index contributed by atoms with van der Waals surface area (Å²) in [5.41, 5.74) is 0.818. The molecule has 1 aromatic carbocycles. The van der Waals surface area contributed by atoms with Crippen molar-refractivity contribution in [2.75, 3.05) is 7.11 Å². The fourth-order valence-corrected chi connectivity index (χ4v) is 2.15. The molecule has 0 saturated heterocycles. The van der Waals surface area contributed by atoms with Gasteiger partial charge in [0, 0.05) is 12.0 Å². The van der Waals surface area contributed by atoms with Crippen molar-refractivity contribution in [3.63, 3.8) is 0 Å². The van der Waals surface area contributed by atoms with Crippen molar-refractivity contribution in [1.29, 1.82) is 0 Å². The zero-order valence-electron chi connectivity index (χ0n) is 13.2. The van der Waals surface area contributed by atoms with Crippen molar-refractivity contribution < 1.29 is 9.47 Å². The maximum absolute atomic E-state index is 5.85. The fraction of sp³-hybridized carbons (Fsp3) is 0.400. The molecule has 0 atom stereocenters. The summed E-state index contributed by atoms with van der Waals surface area (Å²) in [6, 6.07) is 5.66. The number of hydrogen-bond acceptors (Lipinski definition) is 5. The average molecular weight is 320 g/mol. The minimum atomic E-state index is 0.0331. The highest BCUT2D eigenvalue weighted by molar-refractivity contribution is 7.71. The molecule has 0 spiro atoms. The van der Waals surface area contributed by atoms with Crippen LogP contribution in [0.1, 0.15) is 32.2 Å². The van der Waals surface area contributed by atoms with E-state index < -0.39 is 0 Å². The third kappa shape index (κ3) is 3.54. The van der Waals surface area contributed by atoms with Crippen LogP contribution in [0.25, 0.3) is 0 Å². The minimum absolute atomic E-state index is 0.0331. The Labute approximate surface area is 134 Å². The van der Waals surface area contributed by atoms with Crippen molar-refractivity contribution in [2.45, 2.75) is 33.3 Å². The lowest BCUT2D eigenvalue weighted by Gasteiger charge is -2.15. The molecule has 1 N–H and O–H groups in total. The Morgan fingerprint density at radius 1 is 1.45 bits per heavy atom. The first kappa shape index (κ1) is 16.2. The van der Waals surface area contributed by atoms with E-state index in [0.29, 0.717) is 16.3 Å². The van der Waals surface area contributed by atoms with Crippen LogP contribution in [0.5, 0.6) is 11.5 Å². The van der Waals surface area contributed by atoms with Crippen molar-refractivity contribution in [1.82, 2.24) is 14.9 Å². The van der Waals surface area contributed by atoms with E-state index in [1.54, 1.807) is 18.0 Å². The van der Waals surface area contributed by atoms with Crippen molar-refractivity contribution in [3.05, 3.63) is 34.4 Å². The van der Waals surface area contributed by atoms with Crippen LogP contribution >= 0.6 is 12.2 Å². The number of nitrogens with one attached hydrogen (secondary N) is 1. The molecule has 0 unspecified atom stereocenters. The summed E-state index contributed by atoms with van der Waals surface area (Å²) in [6.07, 6.45) is 2.47. The largest absolute Gasteiger partial charge is 0.493 e. The molecule has 0 fully saturated rings. The number of methoxy groups -OCH3 is 1. The summed E-state index contributed by atoms with van der Waals surface area (Å²) in [7, 11) is 1.62. The molecule has 6 nitrogen and oxygen atoms in total. The number of aryl methyl sites for hydroxylation is 1. The lowest BCUT2D eigenvalue weighted by molar-refractivity contribution is 0.230. The van der Waals surface area contributed by atoms with E-state index in [9.17, 15) is 0 Å². The van der Waals surface area contributed by atoms with E-state index in [-0.39, 0.29) is 6.10 Å². The van der Waals surface area contributed by atoms with Crippen molar-refractivity contribution in [3.8, 4) is 11.5 Å². The number of rotatable bonds is 6. The lowest BCUT2D eigenvalue weighted by Crippen LogP contribution is -2.09. The number of aromatic amines is 1. The number of nitrogens with zero attached hydrogens (tertiary/aromatic N) is 3. The molecule has 0 bridgehead atoms. The van der Waals surface area contributed by atoms with Crippen molar-refractivity contribution >= 4 is 18.4 Å². The van der Waals surface area contributed by atoms with Gasteiger partial charge >= 0.3 is 0 Å². The summed E-state index contributed by atoms with van der Waals surface area (Å²) >= 11 is 5.18. The Balaban J connectivity index is 2.42. The van der Waals surface area contributed by atoms with Crippen LogP contribution < -0.4 is 9.47 Å². The predicted molar refractivity (Wildman–Crippen MR) is 88.5 cm³/mol. The average Bonchev–Trinajstić information content (AvgIpc) is 2.85.